The molecule has 0 atom stereocenters. The Labute approximate surface area is 120 Å². The van der Waals surface area contributed by atoms with E-state index in [4.69, 9.17) is 5.73 Å². The summed E-state index contributed by atoms with van der Waals surface area (Å²) in [5, 5.41) is 0. The lowest BCUT2D eigenvalue weighted by Crippen LogP contribution is -2.25. The maximum absolute atomic E-state index is 13.7. The van der Waals surface area contributed by atoms with Crippen LogP contribution >= 0.6 is 0 Å². The van der Waals surface area contributed by atoms with Crippen LogP contribution in [-0.2, 0) is 23.1 Å². The summed E-state index contributed by atoms with van der Waals surface area (Å²) >= 11 is 0. The summed E-state index contributed by atoms with van der Waals surface area (Å²) in [6.07, 6.45) is 2.69. The van der Waals surface area contributed by atoms with E-state index in [-0.39, 0.29) is 18.7 Å². The van der Waals surface area contributed by atoms with E-state index < -0.39 is 26.6 Å². The molecule has 0 aliphatic heterocycles. The fourth-order valence-corrected chi connectivity index (χ4v) is 2.73. The summed E-state index contributed by atoms with van der Waals surface area (Å²) in [6.45, 7) is -0.273. The molecule has 0 aliphatic rings. The molecule has 0 saturated carbocycles. The molecule has 0 amide bonds. The van der Waals surface area contributed by atoms with E-state index in [1.807, 2.05) is 0 Å². The van der Waals surface area contributed by atoms with Gasteiger partial charge in [0.05, 0.1) is 12.2 Å². The highest BCUT2D eigenvalue weighted by Gasteiger charge is 2.22. The molecule has 1 heterocycles. The van der Waals surface area contributed by atoms with Crippen molar-refractivity contribution < 1.29 is 17.2 Å². The summed E-state index contributed by atoms with van der Waals surface area (Å²) in [5.41, 5.74) is 5.89. The predicted molar refractivity (Wildman–Crippen MR) is 70.3 cm³/mol. The lowest BCUT2D eigenvalue weighted by molar-refractivity contribution is 0.481. The lowest BCUT2D eigenvalue weighted by Gasteiger charge is -2.09. The Balaban J connectivity index is 2.29. The zero-order valence-electron chi connectivity index (χ0n) is 10.8. The van der Waals surface area contributed by atoms with Gasteiger partial charge in [0, 0.05) is 12.7 Å². The molecule has 0 aliphatic carbocycles. The highest BCUT2D eigenvalue weighted by molar-refractivity contribution is 7.89. The minimum Gasteiger partial charge on any atom is -0.326 e. The fraction of sp³-hybridized carbons (Fsp3) is 0.167. The summed E-state index contributed by atoms with van der Waals surface area (Å²) < 4.78 is 53.3. The molecule has 0 unspecified atom stereocenters. The van der Waals surface area contributed by atoms with Gasteiger partial charge in [-0.05, 0) is 23.8 Å². The van der Waals surface area contributed by atoms with Crippen LogP contribution in [0.15, 0.2) is 35.6 Å². The van der Waals surface area contributed by atoms with Crippen molar-refractivity contribution in [2.45, 2.75) is 18.0 Å². The smallest absolute Gasteiger partial charge is 0.243 e. The number of nitrogens with one attached hydrogen (secondary N) is 1. The van der Waals surface area contributed by atoms with Crippen LogP contribution in [0.25, 0.3) is 0 Å². The number of rotatable bonds is 5. The number of benzene rings is 1. The first-order valence-electron chi connectivity index (χ1n) is 5.86. The van der Waals surface area contributed by atoms with Gasteiger partial charge in [-0.1, -0.05) is 0 Å². The van der Waals surface area contributed by atoms with Crippen molar-refractivity contribution in [1.29, 1.82) is 0 Å². The Morgan fingerprint density at radius 3 is 2.67 bits per heavy atom. The molecule has 0 fully saturated rings. The van der Waals surface area contributed by atoms with Gasteiger partial charge in [0.15, 0.2) is 11.6 Å². The summed E-state index contributed by atoms with van der Waals surface area (Å²) in [7, 11) is -4.23. The van der Waals surface area contributed by atoms with E-state index in [0.29, 0.717) is 5.69 Å². The van der Waals surface area contributed by atoms with Gasteiger partial charge in [-0.15, -0.1) is 0 Å². The first-order chi connectivity index (χ1) is 9.94. The molecule has 6 nitrogen and oxygen atoms in total. The van der Waals surface area contributed by atoms with E-state index in [0.717, 1.165) is 12.1 Å². The molecular formula is C12H12F2N4O2S. The number of aromatic nitrogens is 2. The molecule has 2 rings (SSSR count). The quantitative estimate of drug-likeness (QED) is 0.846. The zero-order valence-corrected chi connectivity index (χ0v) is 11.6. The Morgan fingerprint density at radius 2 is 2.05 bits per heavy atom. The molecule has 112 valence electrons. The first-order valence-corrected chi connectivity index (χ1v) is 7.35. The summed E-state index contributed by atoms with van der Waals surface area (Å²) in [4.78, 5) is 6.73. The van der Waals surface area contributed by atoms with Gasteiger partial charge in [0.1, 0.15) is 11.2 Å². The van der Waals surface area contributed by atoms with Gasteiger partial charge < -0.3 is 5.73 Å². The second-order valence-corrected chi connectivity index (χ2v) is 5.85. The highest BCUT2D eigenvalue weighted by atomic mass is 32.2. The maximum atomic E-state index is 13.7. The number of nitrogens with zero attached hydrogens (tertiary/aromatic N) is 2. The van der Waals surface area contributed by atoms with Crippen molar-refractivity contribution in [2.75, 3.05) is 0 Å². The van der Waals surface area contributed by atoms with Crippen molar-refractivity contribution in [2.24, 2.45) is 5.73 Å². The predicted octanol–water partition coefficient (Wildman–Crippen LogP) is 0.692. The van der Waals surface area contributed by atoms with Crippen LogP contribution in [0.2, 0.25) is 0 Å². The molecule has 1 aromatic heterocycles. The molecule has 0 bridgehead atoms. The topological polar surface area (TPSA) is 98.0 Å². The van der Waals surface area contributed by atoms with Gasteiger partial charge in [-0.25, -0.2) is 31.9 Å². The number of halogens is 2. The fourth-order valence-electron chi connectivity index (χ4n) is 1.60. The van der Waals surface area contributed by atoms with E-state index in [9.17, 15) is 17.2 Å². The minimum atomic E-state index is -4.23. The Kier molecular flexibility index (Phi) is 4.56. The second kappa shape index (κ2) is 6.20. The standard InChI is InChI=1S/C12H12F2N4O2S/c13-10-3-8(5-15)4-11(12(10)14)21(19,20)18-6-9-1-2-16-7-17-9/h1-4,7,18H,5-6,15H2. The largest absolute Gasteiger partial charge is 0.326 e. The van der Waals surface area contributed by atoms with E-state index in [2.05, 4.69) is 14.7 Å². The van der Waals surface area contributed by atoms with Gasteiger partial charge in [0.2, 0.25) is 10.0 Å². The van der Waals surface area contributed by atoms with Crippen molar-refractivity contribution in [1.82, 2.24) is 14.7 Å². The molecule has 0 radical (unpaired) electrons. The Bertz CT molecular complexity index is 738. The third-order valence-electron chi connectivity index (χ3n) is 2.67. The van der Waals surface area contributed by atoms with Crippen molar-refractivity contribution in [3.05, 3.63) is 53.6 Å². The van der Waals surface area contributed by atoms with Crippen LogP contribution in [0.3, 0.4) is 0 Å². The second-order valence-electron chi connectivity index (χ2n) is 4.12. The van der Waals surface area contributed by atoms with Crippen LogP contribution in [0.5, 0.6) is 0 Å². The maximum Gasteiger partial charge on any atom is 0.243 e. The molecule has 0 spiro atoms. The molecule has 9 heteroatoms. The van der Waals surface area contributed by atoms with Crippen molar-refractivity contribution >= 4 is 10.0 Å². The third-order valence-corrected chi connectivity index (χ3v) is 4.07. The lowest BCUT2D eigenvalue weighted by atomic mass is 10.2. The van der Waals surface area contributed by atoms with Crippen molar-refractivity contribution in [3.63, 3.8) is 0 Å². The number of sulfonamides is 1. The zero-order chi connectivity index (χ0) is 15.5. The van der Waals surface area contributed by atoms with Gasteiger partial charge in [-0.2, -0.15) is 0 Å². The average Bonchev–Trinajstić information content (AvgIpc) is 2.48. The molecular weight excluding hydrogens is 302 g/mol. The molecule has 3 N–H and O–H groups in total. The number of hydrogen-bond donors (Lipinski definition) is 2. The van der Waals surface area contributed by atoms with E-state index >= 15 is 0 Å². The monoisotopic (exact) mass is 314 g/mol. The number of nitrogens with two attached hydrogens (primary N) is 1. The molecule has 0 saturated heterocycles. The minimum absolute atomic E-state index is 0.106. The molecule has 1 aromatic carbocycles. The highest BCUT2D eigenvalue weighted by Crippen LogP contribution is 2.19. The third kappa shape index (κ3) is 3.57. The van der Waals surface area contributed by atoms with Crippen LogP contribution in [0.4, 0.5) is 8.78 Å². The van der Waals surface area contributed by atoms with Crippen molar-refractivity contribution in [3.8, 4) is 0 Å². The van der Waals surface area contributed by atoms with Crippen LogP contribution < -0.4 is 10.5 Å². The van der Waals surface area contributed by atoms with Gasteiger partial charge in [-0.3, -0.25) is 0 Å². The average molecular weight is 314 g/mol. The van der Waals surface area contributed by atoms with E-state index in [1.54, 1.807) is 0 Å². The normalized spacial score (nSPS) is 11.6. The number of hydrogen-bond acceptors (Lipinski definition) is 5. The van der Waals surface area contributed by atoms with Gasteiger partial charge in [0.25, 0.3) is 0 Å². The van der Waals surface area contributed by atoms with Crippen LogP contribution in [0, 0.1) is 11.6 Å². The summed E-state index contributed by atoms with van der Waals surface area (Å²) in [5.74, 6) is -2.71. The Morgan fingerprint density at radius 1 is 1.29 bits per heavy atom. The Hall–Kier alpha value is -1.97. The van der Waals surface area contributed by atoms with Gasteiger partial charge >= 0.3 is 0 Å². The summed E-state index contributed by atoms with van der Waals surface area (Å²) in [6, 6.07) is 3.36. The SMILES string of the molecule is NCc1cc(F)c(F)c(S(=O)(=O)NCc2ccncn2)c1. The van der Waals surface area contributed by atoms with Crippen LogP contribution in [0.1, 0.15) is 11.3 Å². The molecule has 21 heavy (non-hydrogen) atoms. The van der Waals surface area contributed by atoms with Crippen LogP contribution in [-0.4, -0.2) is 18.4 Å². The first kappa shape index (κ1) is 15.4. The molecule has 2 aromatic rings. The van der Waals surface area contributed by atoms with E-state index in [1.165, 1.54) is 18.6 Å².